The van der Waals surface area contributed by atoms with Crippen molar-refractivity contribution in [1.29, 1.82) is 0 Å². The van der Waals surface area contributed by atoms with Gasteiger partial charge in [0.05, 0.1) is 26.3 Å². The number of nitrogens with two attached hydrogens (primary N) is 1. The molecule has 21 heavy (non-hydrogen) atoms. The second kappa shape index (κ2) is 5.84. The Hall–Kier alpha value is -1.28. The molecule has 0 aliphatic carbocycles. The standard InChI is InChI=1S/C12H13Cl2N3O3S/c1-7-3-8(17(2)16-7)6-20-12-10(13)4-9(5-11(12)14)21(15,18)19/h3-5H,6H2,1-2H3,(H2,15,18,19). The Balaban J connectivity index is 2.27. The Bertz CT molecular complexity index is 764. The number of hydrogen-bond donors (Lipinski definition) is 1. The lowest BCUT2D eigenvalue weighted by Crippen LogP contribution is -2.12. The number of aryl methyl sites for hydroxylation is 2. The van der Waals surface area contributed by atoms with Crippen molar-refractivity contribution in [2.75, 3.05) is 0 Å². The van der Waals surface area contributed by atoms with Gasteiger partial charge in [-0.25, -0.2) is 13.6 Å². The molecule has 6 nitrogen and oxygen atoms in total. The molecule has 0 fully saturated rings. The summed E-state index contributed by atoms with van der Waals surface area (Å²) in [6.45, 7) is 2.07. The quantitative estimate of drug-likeness (QED) is 0.916. The van der Waals surface area contributed by atoms with Crippen LogP contribution in [0.3, 0.4) is 0 Å². The number of benzene rings is 1. The Labute approximate surface area is 132 Å². The van der Waals surface area contributed by atoms with E-state index in [1.807, 2.05) is 13.0 Å². The molecular formula is C12H13Cl2N3O3S. The van der Waals surface area contributed by atoms with E-state index < -0.39 is 10.0 Å². The summed E-state index contributed by atoms with van der Waals surface area (Å²) in [6.07, 6.45) is 0. The molecule has 0 unspecified atom stereocenters. The van der Waals surface area contributed by atoms with Crippen LogP contribution in [0.25, 0.3) is 0 Å². The van der Waals surface area contributed by atoms with Crippen LogP contribution in [-0.2, 0) is 23.7 Å². The van der Waals surface area contributed by atoms with Crippen molar-refractivity contribution in [2.45, 2.75) is 18.4 Å². The highest BCUT2D eigenvalue weighted by molar-refractivity contribution is 7.89. The first-order valence-corrected chi connectivity index (χ1v) is 8.13. The Kier molecular flexibility index (Phi) is 4.48. The fourth-order valence-corrected chi connectivity index (χ4v) is 3.07. The van der Waals surface area contributed by atoms with E-state index in [0.717, 1.165) is 11.4 Å². The molecule has 0 bridgehead atoms. The minimum atomic E-state index is -3.87. The van der Waals surface area contributed by atoms with Gasteiger partial charge in [-0.2, -0.15) is 5.10 Å². The van der Waals surface area contributed by atoms with Gasteiger partial charge in [0.15, 0.2) is 5.75 Å². The Morgan fingerprint density at radius 3 is 2.29 bits per heavy atom. The van der Waals surface area contributed by atoms with Crippen molar-refractivity contribution in [3.05, 3.63) is 39.6 Å². The van der Waals surface area contributed by atoms with E-state index in [0.29, 0.717) is 0 Å². The highest BCUT2D eigenvalue weighted by atomic mass is 35.5. The molecule has 0 saturated carbocycles. The lowest BCUT2D eigenvalue weighted by molar-refractivity contribution is 0.295. The maximum absolute atomic E-state index is 11.3. The fraction of sp³-hybridized carbons (Fsp3) is 0.250. The first kappa shape index (κ1) is 16.1. The number of ether oxygens (including phenoxy) is 1. The van der Waals surface area contributed by atoms with Crippen molar-refractivity contribution in [2.24, 2.45) is 12.2 Å². The third-order valence-electron chi connectivity index (χ3n) is 2.76. The van der Waals surface area contributed by atoms with Gasteiger partial charge in [-0.05, 0) is 25.1 Å². The minimum absolute atomic E-state index is 0.0745. The number of rotatable bonds is 4. The number of aromatic nitrogens is 2. The monoisotopic (exact) mass is 349 g/mol. The van der Waals surface area contributed by atoms with E-state index in [9.17, 15) is 8.42 Å². The largest absolute Gasteiger partial charge is 0.484 e. The van der Waals surface area contributed by atoms with Crippen LogP contribution in [0.15, 0.2) is 23.1 Å². The van der Waals surface area contributed by atoms with Crippen LogP contribution < -0.4 is 9.88 Å². The lowest BCUT2D eigenvalue weighted by Gasteiger charge is -2.11. The SMILES string of the molecule is Cc1cc(COc2c(Cl)cc(S(N)(=O)=O)cc2Cl)n(C)n1. The molecule has 0 aliphatic rings. The maximum Gasteiger partial charge on any atom is 0.238 e. The average Bonchev–Trinajstić information content (AvgIpc) is 2.65. The van der Waals surface area contributed by atoms with E-state index in [2.05, 4.69) is 5.10 Å². The van der Waals surface area contributed by atoms with Crippen molar-refractivity contribution in [1.82, 2.24) is 9.78 Å². The summed E-state index contributed by atoms with van der Waals surface area (Å²) in [5.74, 6) is 0.199. The predicted octanol–water partition coefficient (Wildman–Crippen LogP) is 2.26. The van der Waals surface area contributed by atoms with Crippen molar-refractivity contribution in [3.63, 3.8) is 0 Å². The van der Waals surface area contributed by atoms with Crippen molar-refractivity contribution < 1.29 is 13.2 Å². The molecule has 1 aromatic heterocycles. The van der Waals surface area contributed by atoms with Crippen molar-refractivity contribution in [3.8, 4) is 5.75 Å². The van der Waals surface area contributed by atoms with Gasteiger partial charge in [-0.15, -0.1) is 0 Å². The second-order valence-corrected chi connectivity index (χ2v) is 6.83. The molecule has 9 heteroatoms. The van der Waals surface area contributed by atoms with Crippen LogP contribution >= 0.6 is 23.2 Å². The summed E-state index contributed by atoms with van der Waals surface area (Å²) in [5, 5.41) is 9.37. The molecule has 1 heterocycles. The van der Waals surface area contributed by atoms with E-state index >= 15 is 0 Å². The van der Waals surface area contributed by atoms with Gasteiger partial charge in [0, 0.05) is 7.05 Å². The third-order valence-corrected chi connectivity index (χ3v) is 4.22. The summed E-state index contributed by atoms with van der Waals surface area (Å²) in [7, 11) is -2.08. The highest BCUT2D eigenvalue weighted by Gasteiger charge is 2.16. The van der Waals surface area contributed by atoms with Crippen LogP contribution in [0.1, 0.15) is 11.4 Å². The molecule has 2 rings (SSSR count). The zero-order chi connectivity index (χ0) is 15.8. The Morgan fingerprint density at radius 2 is 1.86 bits per heavy atom. The maximum atomic E-state index is 11.3. The number of halogens is 2. The van der Waals surface area contributed by atoms with Crippen LogP contribution in [0, 0.1) is 6.92 Å². The van der Waals surface area contributed by atoms with Crippen molar-refractivity contribution >= 4 is 33.2 Å². The molecule has 114 valence electrons. The summed E-state index contributed by atoms with van der Waals surface area (Å²) >= 11 is 12.0. The van der Waals surface area contributed by atoms with Gasteiger partial charge in [0.2, 0.25) is 10.0 Å². The number of primary sulfonamides is 1. The first-order valence-electron chi connectivity index (χ1n) is 5.82. The summed E-state index contributed by atoms with van der Waals surface area (Å²) in [6, 6.07) is 4.26. The second-order valence-electron chi connectivity index (χ2n) is 4.45. The van der Waals surface area contributed by atoms with Gasteiger partial charge in [-0.3, -0.25) is 4.68 Å². The van der Waals surface area contributed by atoms with Crippen LogP contribution in [-0.4, -0.2) is 18.2 Å². The zero-order valence-electron chi connectivity index (χ0n) is 11.3. The average molecular weight is 350 g/mol. The van der Waals surface area contributed by atoms with Crippen LogP contribution in [0.4, 0.5) is 0 Å². The van der Waals surface area contributed by atoms with Gasteiger partial charge in [-0.1, -0.05) is 23.2 Å². The molecule has 0 radical (unpaired) electrons. The molecule has 0 saturated heterocycles. The summed E-state index contributed by atoms with van der Waals surface area (Å²) < 4.78 is 29.8. The Morgan fingerprint density at radius 1 is 1.29 bits per heavy atom. The smallest absolute Gasteiger partial charge is 0.238 e. The summed E-state index contributed by atoms with van der Waals surface area (Å²) in [5.41, 5.74) is 1.69. The summed E-state index contributed by atoms with van der Waals surface area (Å²) in [4.78, 5) is -0.166. The van der Waals surface area contributed by atoms with Crippen LogP contribution in [0.5, 0.6) is 5.75 Å². The first-order chi connectivity index (χ1) is 9.68. The van der Waals surface area contributed by atoms with Crippen LogP contribution in [0.2, 0.25) is 10.0 Å². The van der Waals surface area contributed by atoms with E-state index in [1.165, 1.54) is 12.1 Å². The van der Waals surface area contributed by atoms with E-state index in [-0.39, 0.29) is 27.3 Å². The molecule has 2 N–H and O–H groups in total. The fourth-order valence-electron chi connectivity index (χ4n) is 1.78. The zero-order valence-corrected chi connectivity index (χ0v) is 13.6. The topological polar surface area (TPSA) is 87.2 Å². The highest BCUT2D eigenvalue weighted by Crippen LogP contribution is 2.35. The number of nitrogens with zero attached hydrogens (tertiary/aromatic N) is 2. The molecule has 0 amide bonds. The normalized spacial score (nSPS) is 11.7. The minimum Gasteiger partial charge on any atom is -0.484 e. The van der Waals surface area contributed by atoms with Gasteiger partial charge in [0.1, 0.15) is 6.61 Å². The molecule has 0 spiro atoms. The lowest BCUT2D eigenvalue weighted by atomic mass is 10.3. The number of sulfonamides is 1. The molecule has 0 aliphatic heterocycles. The molecule has 0 atom stereocenters. The van der Waals surface area contributed by atoms with Gasteiger partial charge < -0.3 is 4.74 Å². The van der Waals surface area contributed by atoms with E-state index in [4.69, 9.17) is 33.1 Å². The van der Waals surface area contributed by atoms with Gasteiger partial charge >= 0.3 is 0 Å². The third kappa shape index (κ3) is 3.68. The molecule has 2 aromatic rings. The number of hydrogen-bond acceptors (Lipinski definition) is 4. The van der Waals surface area contributed by atoms with E-state index in [1.54, 1.807) is 11.7 Å². The molecular weight excluding hydrogens is 337 g/mol. The predicted molar refractivity (Wildman–Crippen MR) is 80.1 cm³/mol. The molecule has 1 aromatic carbocycles. The van der Waals surface area contributed by atoms with Gasteiger partial charge in [0.25, 0.3) is 0 Å².